The smallest absolute Gasteiger partial charge is 0.242 e. The van der Waals surface area contributed by atoms with Crippen LogP contribution in [0.4, 0.5) is 0 Å². The number of furan rings is 1. The minimum absolute atomic E-state index is 0.116. The molecule has 2 amide bonds. The lowest BCUT2D eigenvalue weighted by Crippen LogP contribution is -2.45. The quantitative estimate of drug-likeness (QED) is 0.727. The van der Waals surface area contributed by atoms with E-state index in [1.807, 2.05) is 0 Å². The Morgan fingerprint density at radius 3 is 2.67 bits per heavy atom. The Bertz CT molecular complexity index is 648. The molecule has 1 aromatic heterocycles. The molecular formula is C16H24N2O5S. The van der Waals surface area contributed by atoms with Crippen LogP contribution < -0.4 is 10.6 Å². The molecule has 1 fully saturated rings. The van der Waals surface area contributed by atoms with Crippen LogP contribution in [0.15, 0.2) is 22.8 Å². The highest BCUT2D eigenvalue weighted by Crippen LogP contribution is 2.25. The van der Waals surface area contributed by atoms with Crippen molar-refractivity contribution in [1.29, 1.82) is 0 Å². The van der Waals surface area contributed by atoms with E-state index in [1.54, 1.807) is 19.1 Å². The summed E-state index contributed by atoms with van der Waals surface area (Å²) in [6.45, 7) is 1.79. The summed E-state index contributed by atoms with van der Waals surface area (Å²) in [6, 6.07) is 2.72. The van der Waals surface area contributed by atoms with Gasteiger partial charge < -0.3 is 15.1 Å². The van der Waals surface area contributed by atoms with Gasteiger partial charge in [-0.3, -0.25) is 9.59 Å². The van der Waals surface area contributed by atoms with Gasteiger partial charge in [-0.2, -0.15) is 0 Å². The second-order valence-corrected chi connectivity index (χ2v) is 8.51. The molecule has 2 N–H and O–H groups in total. The van der Waals surface area contributed by atoms with Crippen molar-refractivity contribution >= 4 is 21.7 Å². The Labute approximate surface area is 142 Å². The van der Waals surface area contributed by atoms with Crippen LogP contribution in [0.1, 0.15) is 44.8 Å². The van der Waals surface area contributed by atoms with Crippen LogP contribution in [0, 0.1) is 0 Å². The maximum atomic E-state index is 12.1. The molecule has 1 atom stereocenters. The molecule has 1 heterocycles. The van der Waals surface area contributed by atoms with E-state index in [2.05, 4.69) is 10.6 Å². The van der Waals surface area contributed by atoms with Crippen LogP contribution >= 0.6 is 0 Å². The van der Waals surface area contributed by atoms with E-state index in [-0.39, 0.29) is 29.9 Å². The largest absolute Gasteiger partial charge is 0.467 e. The highest BCUT2D eigenvalue weighted by molar-refractivity contribution is 7.92. The van der Waals surface area contributed by atoms with E-state index in [0.717, 1.165) is 12.8 Å². The molecule has 0 bridgehead atoms. The minimum atomic E-state index is -3.22. The van der Waals surface area contributed by atoms with E-state index in [0.29, 0.717) is 18.6 Å². The predicted molar refractivity (Wildman–Crippen MR) is 88.8 cm³/mol. The molecule has 1 saturated carbocycles. The average molecular weight is 356 g/mol. The molecule has 2 rings (SSSR count). The molecule has 0 aromatic carbocycles. The number of carbonyl (C=O) groups is 2. The van der Waals surface area contributed by atoms with E-state index in [1.165, 1.54) is 6.26 Å². The monoisotopic (exact) mass is 356 g/mol. The molecule has 0 spiro atoms. The van der Waals surface area contributed by atoms with Crippen LogP contribution in [0.25, 0.3) is 0 Å². The van der Waals surface area contributed by atoms with E-state index >= 15 is 0 Å². The van der Waals surface area contributed by atoms with Crippen molar-refractivity contribution in [3.8, 4) is 0 Å². The van der Waals surface area contributed by atoms with Crippen molar-refractivity contribution < 1.29 is 22.4 Å². The standard InChI is InChI=1S/C16H24N2O5S/c1-12(16(20)17-11-13-5-4-9-23-13)18-15(19)8-10-24(21,22)14-6-2-3-7-14/h4-5,9,12,14H,2-3,6-8,10-11H2,1H3,(H,17,20)(H,18,19). The fourth-order valence-electron chi connectivity index (χ4n) is 2.77. The van der Waals surface area contributed by atoms with Crippen LogP contribution in [0.3, 0.4) is 0 Å². The Balaban J connectivity index is 1.71. The molecule has 1 unspecified atom stereocenters. The third kappa shape index (κ3) is 5.36. The van der Waals surface area contributed by atoms with Gasteiger partial charge in [-0.15, -0.1) is 0 Å². The summed E-state index contributed by atoms with van der Waals surface area (Å²) in [4.78, 5) is 23.8. The molecule has 1 aliphatic carbocycles. The first-order chi connectivity index (χ1) is 11.4. The van der Waals surface area contributed by atoms with Crippen molar-refractivity contribution in [1.82, 2.24) is 10.6 Å². The Kier molecular flexibility index (Phi) is 6.42. The first kappa shape index (κ1) is 18.5. The second kappa shape index (κ2) is 8.32. The Morgan fingerprint density at radius 1 is 1.33 bits per heavy atom. The average Bonchev–Trinajstić information content (AvgIpc) is 3.23. The first-order valence-corrected chi connectivity index (χ1v) is 9.91. The lowest BCUT2D eigenvalue weighted by molar-refractivity contribution is -0.128. The van der Waals surface area contributed by atoms with Crippen LogP contribution in [0.5, 0.6) is 0 Å². The third-order valence-electron chi connectivity index (χ3n) is 4.21. The summed E-state index contributed by atoms with van der Waals surface area (Å²) in [7, 11) is -3.22. The number of hydrogen-bond acceptors (Lipinski definition) is 5. The van der Waals surface area contributed by atoms with Crippen molar-refractivity contribution in [3.05, 3.63) is 24.2 Å². The normalized spacial score (nSPS) is 16.7. The Hall–Kier alpha value is -1.83. The van der Waals surface area contributed by atoms with Gasteiger partial charge in [0.15, 0.2) is 9.84 Å². The van der Waals surface area contributed by atoms with E-state index in [9.17, 15) is 18.0 Å². The van der Waals surface area contributed by atoms with Crippen molar-refractivity contribution in [2.24, 2.45) is 0 Å². The van der Waals surface area contributed by atoms with Gasteiger partial charge in [-0.1, -0.05) is 12.8 Å². The predicted octanol–water partition coefficient (Wildman–Crippen LogP) is 1.15. The van der Waals surface area contributed by atoms with E-state index in [4.69, 9.17) is 4.42 Å². The zero-order chi connectivity index (χ0) is 17.6. The summed E-state index contributed by atoms with van der Waals surface area (Å²) < 4.78 is 29.3. The number of sulfone groups is 1. The molecule has 0 radical (unpaired) electrons. The molecule has 1 aromatic rings. The summed E-state index contributed by atoms with van der Waals surface area (Å²) in [5, 5.41) is 4.86. The van der Waals surface area contributed by atoms with Crippen LogP contribution in [-0.2, 0) is 26.0 Å². The van der Waals surface area contributed by atoms with Crippen LogP contribution in [0.2, 0.25) is 0 Å². The second-order valence-electron chi connectivity index (χ2n) is 6.11. The number of hydrogen-bond donors (Lipinski definition) is 2. The fourth-order valence-corrected chi connectivity index (χ4v) is 4.62. The van der Waals surface area contributed by atoms with Crippen LogP contribution in [-0.4, -0.2) is 37.3 Å². The summed E-state index contributed by atoms with van der Waals surface area (Å²) in [6.07, 6.45) is 4.64. The van der Waals surface area contributed by atoms with E-state index < -0.39 is 21.8 Å². The first-order valence-electron chi connectivity index (χ1n) is 8.19. The minimum Gasteiger partial charge on any atom is -0.467 e. The molecule has 1 aliphatic rings. The lowest BCUT2D eigenvalue weighted by Gasteiger charge is -2.14. The van der Waals surface area contributed by atoms with Gasteiger partial charge in [0.2, 0.25) is 11.8 Å². The summed E-state index contributed by atoms with van der Waals surface area (Å²) in [5.41, 5.74) is 0. The van der Waals surface area contributed by atoms with Gasteiger partial charge in [0.05, 0.1) is 23.8 Å². The molecule has 134 valence electrons. The zero-order valence-electron chi connectivity index (χ0n) is 13.8. The van der Waals surface area contributed by atoms with Gasteiger partial charge in [0.25, 0.3) is 0 Å². The molecule has 7 nitrogen and oxygen atoms in total. The SMILES string of the molecule is CC(NC(=O)CCS(=O)(=O)C1CCCC1)C(=O)NCc1ccco1. The van der Waals surface area contributed by atoms with Gasteiger partial charge in [-0.05, 0) is 31.9 Å². The van der Waals surface area contributed by atoms with Crippen molar-refractivity contribution in [2.75, 3.05) is 5.75 Å². The lowest BCUT2D eigenvalue weighted by atomic mass is 10.3. The molecule has 24 heavy (non-hydrogen) atoms. The maximum Gasteiger partial charge on any atom is 0.242 e. The maximum absolute atomic E-state index is 12.1. The Morgan fingerprint density at radius 2 is 2.04 bits per heavy atom. The number of nitrogens with one attached hydrogen (secondary N) is 2. The van der Waals surface area contributed by atoms with Gasteiger partial charge in [0, 0.05) is 6.42 Å². The zero-order valence-corrected chi connectivity index (χ0v) is 14.6. The number of rotatable bonds is 8. The van der Waals surface area contributed by atoms with Gasteiger partial charge in [0.1, 0.15) is 11.8 Å². The highest BCUT2D eigenvalue weighted by Gasteiger charge is 2.29. The number of carbonyl (C=O) groups excluding carboxylic acids is 2. The molecule has 0 aliphatic heterocycles. The number of amides is 2. The summed E-state index contributed by atoms with van der Waals surface area (Å²) in [5.74, 6) is -0.329. The van der Waals surface area contributed by atoms with Gasteiger partial charge in [-0.25, -0.2) is 8.42 Å². The third-order valence-corrected chi connectivity index (χ3v) is 6.47. The highest BCUT2D eigenvalue weighted by atomic mass is 32.2. The fraction of sp³-hybridized carbons (Fsp3) is 0.625. The summed E-state index contributed by atoms with van der Waals surface area (Å²) >= 11 is 0. The molecule has 8 heteroatoms. The molecular weight excluding hydrogens is 332 g/mol. The van der Waals surface area contributed by atoms with Crippen molar-refractivity contribution in [3.63, 3.8) is 0 Å². The van der Waals surface area contributed by atoms with Crippen molar-refractivity contribution in [2.45, 2.75) is 56.9 Å². The topological polar surface area (TPSA) is 105 Å². The van der Waals surface area contributed by atoms with Gasteiger partial charge >= 0.3 is 0 Å². The molecule has 0 saturated heterocycles.